The van der Waals surface area contributed by atoms with Crippen molar-refractivity contribution in [2.24, 2.45) is 0 Å². The Morgan fingerprint density at radius 3 is 2.63 bits per heavy atom. The van der Waals surface area contributed by atoms with Gasteiger partial charge in [-0.3, -0.25) is 9.59 Å². The molecule has 6 nitrogen and oxygen atoms in total. The average molecular weight is 382 g/mol. The Kier molecular flexibility index (Phi) is 5.83. The maximum atomic E-state index is 12.1. The summed E-state index contributed by atoms with van der Waals surface area (Å²) in [5.74, 6) is -1.23. The molecule has 3 rings (SSSR count). The number of hydrogen-bond donors (Lipinski definition) is 2. The predicted molar refractivity (Wildman–Crippen MR) is 105 cm³/mol. The molecule has 1 aromatic heterocycles. The zero-order valence-corrected chi connectivity index (χ0v) is 15.5. The molecule has 0 radical (unpaired) electrons. The summed E-state index contributed by atoms with van der Waals surface area (Å²) in [4.78, 5) is 36.5. The van der Waals surface area contributed by atoms with Gasteiger partial charge in [0.1, 0.15) is 4.88 Å². The van der Waals surface area contributed by atoms with Crippen LogP contribution in [0.3, 0.4) is 0 Å². The van der Waals surface area contributed by atoms with E-state index in [9.17, 15) is 14.4 Å². The van der Waals surface area contributed by atoms with Gasteiger partial charge in [0.2, 0.25) is 0 Å². The van der Waals surface area contributed by atoms with Crippen LogP contribution in [0.1, 0.15) is 27.0 Å². The molecule has 2 aromatic carbocycles. The average Bonchev–Trinajstić information content (AvgIpc) is 3.11. The minimum atomic E-state index is -0.539. The molecule has 0 spiro atoms. The van der Waals surface area contributed by atoms with Gasteiger partial charge in [-0.25, -0.2) is 4.79 Å². The van der Waals surface area contributed by atoms with Gasteiger partial charge in [-0.05, 0) is 42.6 Å². The summed E-state index contributed by atoms with van der Waals surface area (Å²) in [6.07, 6.45) is 0. The number of ether oxygens (including phenoxy) is 1. The second kappa shape index (κ2) is 8.46. The Hall–Kier alpha value is -3.19. The molecule has 1 heterocycles. The fourth-order valence-electron chi connectivity index (χ4n) is 2.48. The van der Waals surface area contributed by atoms with E-state index in [1.165, 1.54) is 11.3 Å². The molecule has 0 saturated carbocycles. The van der Waals surface area contributed by atoms with Crippen molar-refractivity contribution in [2.45, 2.75) is 6.92 Å². The Labute approximate surface area is 160 Å². The van der Waals surface area contributed by atoms with Gasteiger partial charge in [0.05, 0.1) is 0 Å². The summed E-state index contributed by atoms with van der Waals surface area (Å²) < 4.78 is 6.07. The number of fused-ring (bicyclic) bond motifs is 1. The first-order valence-corrected chi connectivity index (χ1v) is 9.22. The number of anilines is 1. The van der Waals surface area contributed by atoms with Crippen LogP contribution in [-0.4, -0.2) is 30.9 Å². The Balaban J connectivity index is 1.57. The van der Waals surface area contributed by atoms with Crippen molar-refractivity contribution < 1.29 is 19.1 Å². The molecule has 0 aliphatic rings. The zero-order valence-electron chi connectivity index (χ0n) is 14.7. The molecule has 138 valence electrons. The third-order valence-electron chi connectivity index (χ3n) is 3.71. The van der Waals surface area contributed by atoms with Crippen molar-refractivity contribution in [3.05, 3.63) is 65.0 Å². The number of nitrogens with one attached hydrogen (secondary N) is 2. The van der Waals surface area contributed by atoms with Crippen molar-refractivity contribution in [1.29, 1.82) is 0 Å². The molecule has 2 N–H and O–H groups in total. The third kappa shape index (κ3) is 4.71. The summed E-state index contributed by atoms with van der Waals surface area (Å²) in [6.45, 7) is 1.94. The number of carbonyl (C=O) groups is 3. The van der Waals surface area contributed by atoms with Crippen LogP contribution >= 0.6 is 11.3 Å². The molecule has 3 aromatic rings. The monoisotopic (exact) mass is 382 g/mol. The lowest BCUT2D eigenvalue weighted by Crippen LogP contribution is -2.23. The summed E-state index contributed by atoms with van der Waals surface area (Å²) in [5.41, 5.74) is 0.901. The van der Waals surface area contributed by atoms with Crippen LogP contribution in [0.15, 0.2) is 54.6 Å². The molecular weight excluding hydrogens is 364 g/mol. The van der Waals surface area contributed by atoms with Crippen LogP contribution in [0, 0.1) is 0 Å². The standard InChI is InChI=1S/C20H18N2O4S/c1-2-21-19(24)14-7-5-8-15(10-14)22-18(23)12-26-20(25)17-11-13-6-3-4-9-16(13)27-17/h3-11H,2,12H2,1H3,(H,21,24)(H,22,23). The molecule has 0 fully saturated rings. The second-order valence-electron chi connectivity index (χ2n) is 5.71. The largest absolute Gasteiger partial charge is 0.451 e. The second-order valence-corrected chi connectivity index (χ2v) is 6.80. The van der Waals surface area contributed by atoms with Crippen LogP contribution < -0.4 is 10.6 Å². The molecular formula is C20H18N2O4S. The van der Waals surface area contributed by atoms with Gasteiger partial charge < -0.3 is 15.4 Å². The minimum absolute atomic E-state index is 0.218. The number of rotatable bonds is 6. The lowest BCUT2D eigenvalue weighted by atomic mass is 10.2. The summed E-state index contributed by atoms with van der Waals surface area (Å²) >= 11 is 1.32. The van der Waals surface area contributed by atoms with Crippen molar-refractivity contribution >= 4 is 44.9 Å². The van der Waals surface area contributed by atoms with Crippen molar-refractivity contribution in [3.63, 3.8) is 0 Å². The number of thiophene rings is 1. The van der Waals surface area contributed by atoms with E-state index in [2.05, 4.69) is 10.6 Å². The lowest BCUT2D eigenvalue weighted by molar-refractivity contribution is -0.119. The summed E-state index contributed by atoms with van der Waals surface area (Å²) in [5, 5.41) is 6.27. The first kappa shape index (κ1) is 18.6. The Bertz CT molecular complexity index is 963. The highest BCUT2D eigenvalue weighted by Crippen LogP contribution is 2.25. The SMILES string of the molecule is CCNC(=O)c1cccc(NC(=O)COC(=O)c2cc3ccccc3s2)c1. The van der Waals surface area contributed by atoms with Gasteiger partial charge in [-0.2, -0.15) is 0 Å². The van der Waals surface area contributed by atoms with Gasteiger partial charge in [0.15, 0.2) is 6.61 Å². The topological polar surface area (TPSA) is 84.5 Å². The molecule has 0 atom stereocenters. The minimum Gasteiger partial charge on any atom is -0.451 e. The fourth-order valence-corrected chi connectivity index (χ4v) is 3.44. The first-order chi connectivity index (χ1) is 13.1. The molecule has 7 heteroatoms. The van der Waals surface area contributed by atoms with Crippen LogP contribution in [0.2, 0.25) is 0 Å². The van der Waals surface area contributed by atoms with Crippen molar-refractivity contribution in [1.82, 2.24) is 5.32 Å². The lowest BCUT2D eigenvalue weighted by Gasteiger charge is -2.08. The van der Waals surface area contributed by atoms with E-state index in [4.69, 9.17) is 4.74 Å². The molecule has 0 bridgehead atoms. The normalized spacial score (nSPS) is 10.4. The highest BCUT2D eigenvalue weighted by molar-refractivity contribution is 7.20. The van der Waals surface area contributed by atoms with Crippen LogP contribution in [0.5, 0.6) is 0 Å². The molecule has 2 amide bonds. The molecule has 0 aliphatic heterocycles. The predicted octanol–water partition coefficient (Wildman–Crippen LogP) is 3.45. The quantitative estimate of drug-likeness (QED) is 0.640. The third-order valence-corrected chi connectivity index (χ3v) is 4.80. The molecule has 27 heavy (non-hydrogen) atoms. The van der Waals surface area contributed by atoms with Crippen molar-refractivity contribution in [2.75, 3.05) is 18.5 Å². The van der Waals surface area contributed by atoms with E-state index in [0.29, 0.717) is 22.7 Å². The number of esters is 1. The van der Waals surface area contributed by atoms with Gasteiger partial charge in [0.25, 0.3) is 11.8 Å². The van der Waals surface area contributed by atoms with Crippen molar-refractivity contribution in [3.8, 4) is 0 Å². The maximum Gasteiger partial charge on any atom is 0.348 e. The van der Waals surface area contributed by atoms with Gasteiger partial charge in [0, 0.05) is 22.5 Å². The van der Waals surface area contributed by atoms with E-state index in [0.717, 1.165) is 10.1 Å². The van der Waals surface area contributed by atoms with E-state index in [1.54, 1.807) is 30.3 Å². The van der Waals surface area contributed by atoms with Gasteiger partial charge in [-0.15, -0.1) is 11.3 Å². The Morgan fingerprint density at radius 2 is 1.85 bits per heavy atom. The Morgan fingerprint density at radius 1 is 1.04 bits per heavy atom. The van der Waals surface area contributed by atoms with E-state index >= 15 is 0 Å². The van der Waals surface area contributed by atoms with E-state index in [-0.39, 0.29) is 5.91 Å². The van der Waals surface area contributed by atoms with E-state index < -0.39 is 18.5 Å². The maximum absolute atomic E-state index is 12.1. The van der Waals surface area contributed by atoms with E-state index in [1.807, 2.05) is 31.2 Å². The number of amides is 2. The highest BCUT2D eigenvalue weighted by Gasteiger charge is 2.14. The smallest absolute Gasteiger partial charge is 0.348 e. The van der Waals surface area contributed by atoms with Crippen LogP contribution in [-0.2, 0) is 9.53 Å². The zero-order chi connectivity index (χ0) is 19.2. The van der Waals surface area contributed by atoms with Gasteiger partial charge >= 0.3 is 5.97 Å². The van der Waals surface area contributed by atoms with Crippen LogP contribution in [0.4, 0.5) is 5.69 Å². The number of benzene rings is 2. The first-order valence-electron chi connectivity index (χ1n) is 8.40. The van der Waals surface area contributed by atoms with Crippen LogP contribution in [0.25, 0.3) is 10.1 Å². The summed E-state index contributed by atoms with van der Waals surface area (Å²) in [6, 6.07) is 15.9. The number of carbonyl (C=O) groups excluding carboxylic acids is 3. The molecule has 0 aliphatic carbocycles. The highest BCUT2D eigenvalue weighted by atomic mass is 32.1. The molecule has 0 saturated heterocycles. The molecule has 0 unspecified atom stereocenters. The summed E-state index contributed by atoms with van der Waals surface area (Å²) in [7, 11) is 0. The number of hydrogen-bond acceptors (Lipinski definition) is 5. The fraction of sp³-hybridized carbons (Fsp3) is 0.150. The van der Waals surface area contributed by atoms with Gasteiger partial charge in [-0.1, -0.05) is 24.3 Å².